The summed E-state index contributed by atoms with van der Waals surface area (Å²) >= 11 is 0.992. The van der Waals surface area contributed by atoms with Gasteiger partial charge >= 0.3 is 5.97 Å². The molecule has 0 bridgehead atoms. The Morgan fingerprint density at radius 2 is 2.10 bits per heavy atom. The summed E-state index contributed by atoms with van der Waals surface area (Å²) < 4.78 is 0. The number of thioether (sulfide) groups is 1. The van der Waals surface area contributed by atoms with Crippen LogP contribution in [0, 0.1) is 0 Å². The predicted octanol–water partition coefficient (Wildman–Crippen LogP) is 1.47. The molecule has 0 aromatic heterocycles. The smallest absolute Gasteiger partial charge is 0.317 e. The number of hydrogen-bond acceptors (Lipinski definition) is 5. The van der Waals surface area contributed by atoms with Gasteiger partial charge in [0.15, 0.2) is 5.17 Å². The molecule has 1 aliphatic rings. The lowest BCUT2D eigenvalue weighted by Gasteiger charge is -2.18. The Balaban J connectivity index is 2.14. The second kappa shape index (κ2) is 6.33. The van der Waals surface area contributed by atoms with Gasteiger partial charge in [0.25, 0.3) is 0 Å². The fourth-order valence-electron chi connectivity index (χ4n) is 1.59. The van der Waals surface area contributed by atoms with Gasteiger partial charge in [-0.2, -0.15) is 5.10 Å². The number of aliphatic carboxylic acids is 1. The Morgan fingerprint density at radius 1 is 1.40 bits per heavy atom. The number of amides is 1. The molecule has 1 unspecified atom stereocenters. The molecule has 0 spiro atoms. The Kier molecular flexibility index (Phi) is 4.52. The predicted molar refractivity (Wildman–Crippen MR) is 77.9 cm³/mol. The van der Waals surface area contributed by atoms with E-state index in [2.05, 4.69) is 15.5 Å². The van der Waals surface area contributed by atoms with Crippen molar-refractivity contribution in [1.82, 2.24) is 5.32 Å². The third-order valence-electron chi connectivity index (χ3n) is 2.63. The van der Waals surface area contributed by atoms with Crippen molar-refractivity contribution in [3.8, 4) is 0 Å². The molecule has 1 fully saturated rings. The highest BCUT2D eigenvalue weighted by Crippen LogP contribution is 2.20. The van der Waals surface area contributed by atoms with Crippen molar-refractivity contribution in [3.63, 3.8) is 0 Å². The van der Waals surface area contributed by atoms with Crippen LogP contribution in [0.25, 0.3) is 0 Å². The first-order chi connectivity index (χ1) is 9.56. The molecule has 7 heteroatoms. The topological polar surface area (TPSA) is 91.1 Å². The first-order valence-electron chi connectivity index (χ1n) is 5.93. The summed E-state index contributed by atoms with van der Waals surface area (Å²) in [7, 11) is 0. The highest BCUT2D eigenvalue weighted by atomic mass is 32.2. The van der Waals surface area contributed by atoms with E-state index in [0.717, 1.165) is 17.3 Å². The lowest BCUT2D eigenvalue weighted by molar-refractivity contribution is -0.138. The summed E-state index contributed by atoms with van der Waals surface area (Å²) in [6, 6.07) is 9.47. The number of amidine groups is 1. The number of nitrogens with zero attached hydrogens (tertiary/aromatic N) is 2. The van der Waals surface area contributed by atoms with Crippen molar-refractivity contribution < 1.29 is 14.7 Å². The average molecular weight is 291 g/mol. The summed E-state index contributed by atoms with van der Waals surface area (Å²) in [6.45, 7) is 1.80. The zero-order valence-corrected chi connectivity index (χ0v) is 11.6. The van der Waals surface area contributed by atoms with Crippen LogP contribution < -0.4 is 5.32 Å². The van der Waals surface area contributed by atoms with Gasteiger partial charge in [-0.3, -0.25) is 9.59 Å². The Bertz CT molecular complexity index is 584. The van der Waals surface area contributed by atoms with E-state index in [1.165, 1.54) is 0 Å². The van der Waals surface area contributed by atoms with E-state index in [9.17, 15) is 9.59 Å². The monoisotopic (exact) mass is 291 g/mol. The lowest BCUT2D eigenvalue weighted by atomic mass is 10.1. The summed E-state index contributed by atoms with van der Waals surface area (Å²) in [6.07, 6.45) is -0.0552. The van der Waals surface area contributed by atoms with Crippen molar-refractivity contribution >= 4 is 34.5 Å². The van der Waals surface area contributed by atoms with Crippen molar-refractivity contribution in [2.45, 2.75) is 18.6 Å². The Morgan fingerprint density at radius 3 is 2.75 bits per heavy atom. The molecule has 1 aromatic rings. The molecule has 2 rings (SSSR count). The fraction of sp³-hybridized carbons (Fsp3) is 0.231. The van der Waals surface area contributed by atoms with Crippen molar-refractivity contribution in [3.05, 3.63) is 35.9 Å². The number of carboxylic acids is 1. The van der Waals surface area contributed by atoms with Crippen LogP contribution in [0.5, 0.6) is 0 Å². The van der Waals surface area contributed by atoms with E-state index in [1.807, 2.05) is 30.3 Å². The van der Waals surface area contributed by atoms with E-state index in [1.54, 1.807) is 6.92 Å². The largest absolute Gasteiger partial charge is 0.480 e. The SMILES string of the molecule is C/C(=N\N=C1\NC(=O)CC(C(=O)O)S1)c1ccccc1. The van der Waals surface area contributed by atoms with Crippen molar-refractivity contribution in [2.75, 3.05) is 0 Å². The van der Waals surface area contributed by atoms with E-state index < -0.39 is 11.2 Å². The molecule has 0 radical (unpaired) electrons. The summed E-state index contributed by atoms with van der Waals surface area (Å²) in [4.78, 5) is 22.3. The van der Waals surface area contributed by atoms with Crippen LogP contribution in [0.4, 0.5) is 0 Å². The van der Waals surface area contributed by atoms with E-state index in [4.69, 9.17) is 5.11 Å². The fourth-order valence-corrected chi connectivity index (χ4v) is 2.45. The van der Waals surface area contributed by atoms with E-state index >= 15 is 0 Å². The standard InChI is InChI=1S/C13H13N3O3S/c1-8(9-5-3-2-4-6-9)15-16-13-14-11(17)7-10(20-13)12(18)19/h2-6,10H,7H2,1H3,(H,18,19)(H,14,16,17)/b15-8+. The number of carbonyl (C=O) groups is 2. The maximum atomic E-state index is 11.4. The van der Waals surface area contributed by atoms with Gasteiger partial charge in [0.2, 0.25) is 5.91 Å². The molecule has 1 aliphatic heterocycles. The van der Waals surface area contributed by atoms with Crippen molar-refractivity contribution in [1.29, 1.82) is 0 Å². The Hall–Kier alpha value is -2.15. The molecule has 20 heavy (non-hydrogen) atoms. The van der Waals surface area contributed by atoms with Crippen LogP contribution in [0.3, 0.4) is 0 Å². The summed E-state index contributed by atoms with van der Waals surface area (Å²) in [5.74, 6) is -1.39. The van der Waals surface area contributed by atoms with Gasteiger partial charge in [0, 0.05) is 6.42 Å². The number of benzene rings is 1. The van der Waals surface area contributed by atoms with Gasteiger partial charge < -0.3 is 10.4 Å². The molecular weight excluding hydrogens is 278 g/mol. The first-order valence-corrected chi connectivity index (χ1v) is 6.81. The van der Waals surface area contributed by atoms with Gasteiger partial charge in [0.1, 0.15) is 5.25 Å². The van der Waals surface area contributed by atoms with Crippen LogP contribution in [0.1, 0.15) is 18.9 Å². The number of rotatable bonds is 3. The summed E-state index contributed by atoms with van der Waals surface area (Å²) in [5.41, 5.74) is 1.60. The first kappa shape index (κ1) is 14.3. The second-order valence-electron chi connectivity index (χ2n) is 4.15. The number of nitrogens with one attached hydrogen (secondary N) is 1. The van der Waals surface area contributed by atoms with Crippen LogP contribution in [-0.4, -0.2) is 33.1 Å². The van der Waals surface area contributed by atoms with E-state index in [0.29, 0.717) is 5.71 Å². The zero-order chi connectivity index (χ0) is 14.5. The maximum absolute atomic E-state index is 11.4. The third-order valence-corrected chi connectivity index (χ3v) is 3.69. The molecule has 0 saturated carbocycles. The molecule has 6 nitrogen and oxygen atoms in total. The van der Waals surface area contributed by atoms with Crippen LogP contribution in [0.15, 0.2) is 40.5 Å². The van der Waals surface area contributed by atoms with Gasteiger partial charge in [-0.05, 0) is 12.5 Å². The molecular formula is C13H13N3O3S. The quantitative estimate of drug-likeness (QED) is 0.651. The molecule has 0 aliphatic carbocycles. The van der Waals surface area contributed by atoms with Crippen LogP contribution >= 0.6 is 11.8 Å². The molecule has 1 amide bonds. The number of hydrogen-bond donors (Lipinski definition) is 2. The Labute approximate surface area is 120 Å². The summed E-state index contributed by atoms with van der Waals surface area (Å²) in [5, 5.41) is 18.8. The van der Waals surface area contributed by atoms with Gasteiger partial charge in [0.05, 0.1) is 5.71 Å². The number of carboxylic acid groups (broad SMARTS) is 1. The molecule has 1 heterocycles. The van der Waals surface area contributed by atoms with Gasteiger partial charge in [-0.25, -0.2) is 0 Å². The molecule has 2 N–H and O–H groups in total. The van der Waals surface area contributed by atoms with Gasteiger partial charge in [-0.1, -0.05) is 42.1 Å². The highest BCUT2D eigenvalue weighted by molar-refractivity contribution is 8.15. The van der Waals surface area contributed by atoms with Crippen LogP contribution in [-0.2, 0) is 9.59 Å². The molecule has 1 saturated heterocycles. The molecule has 104 valence electrons. The highest BCUT2D eigenvalue weighted by Gasteiger charge is 2.29. The normalized spacial score (nSPS) is 21.6. The third kappa shape index (κ3) is 3.67. The van der Waals surface area contributed by atoms with Gasteiger partial charge in [-0.15, -0.1) is 5.10 Å². The zero-order valence-electron chi connectivity index (χ0n) is 10.7. The second-order valence-corrected chi connectivity index (χ2v) is 5.35. The molecule has 1 atom stereocenters. The lowest BCUT2D eigenvalue weighted by Crippen LogP contribution is -2.40. The minimum Gasteiger partial charge on any atom is -0.480 e. The minimum atomic E-state index is -1.03. The van der Waals surface area contributed by atoms with E-state index in [-0.39, 0.29) is 17.5 Å². The van der Waals surface area contributed by atoms with Crippen LogP contribution in [0.2, 0.25) is 0 Å². The molecule has 1 aromatic carbocycles. The minimum absolute atomic E-state index is 0.0552. The average Bonchev–Trinajstić information content (AvgIpc) is 2.45. The van der Waals surface area contributed by atoms with Crippen molar-refractivity contribution in [2.24, 2.45) is 10.2 Å². The maximum Gasteiger partial charge on any atom is 0.317 e. The number of carbonyl (C=O) groups excluding carboxylic acids is 1.